The maximum atomic E-state index is 12.7. The summed E-state index contributed by atoms with van der Waals surface area (Å²) in [6.07, 6.45) is 0.641. The van der Waals surface area contributed by atoms with E-state index in [1.165, 1.54) is 5.56 Å². The summed E-state index contributed by atoms with van der Waals surface area (Å²) in [5.74, 6) is 0. The van der Waals surface area contributed by atoms with Crippen molar-refractivity contribution in [1.82, 2.24) is 4.98 Å². The van der Waals surface area contributed by atoms with Crippen LogP contribution >= 0.6 is 0 Å². The highest BCUT2D eigenvalue weighted by molar-refractivity contribution is 5.85. The lowest BCUT2D eigenvalue weighted by molar-refractivity contribution is -0.191. The number of fused-ring (bicyclic) bond motifs is 3. The molecule has 4 rings (SSSR count). The van der Waals surface area contributed by atoms with E-state index in [0.717, 1.165) is 22.0 Å². The van der Waals surface area contributed by atoms with Crippen LogP contribution in [0.5, 0.6) is 0 Å². The van der Waals surface area contributed by atoms with E-state index in [2.05, 4.69) is 58.7 Å². The van der Waals surface area contributed by atoms with Crippen molar-refractivity contribution >= 4 is 10.8 Å². The molecule has 32 heavy (non-hydrogen) atoms. The molecular formula is C28H35NO3. The molecule has 0 radical (unpaired) electrons. The van der Waals surface area contributed by atoms with Crippen molar-refractivity contribution in [2.24, 2.45) is 10.8 Å². The number of ether oxygens (including phenoxy) is 2. The van der Waals surface area contributed by atoms with Crippen LogP contribution in [0.1, 0.15) is 58.4 Å². The molecule has 3 aromatic rings. The summed E-state index contributed by atoms with van der Waals surface area (Å²) in [5, 5.41) is 1.72. The van der Waals surface area contributed by atoms with Gasteiger partial charge in [-0.05, 0) is 36.3 Å². The molecule has 0 bridgehead atoms. The van der Waals surface area contributed by atoms with E-state index in [0.29, 0.717) is 19.6 Å². The second kappa shape index (κ2) is 8.17. The summed E-state index contributed by atoms with van der Waals surface area (Å²) in [7, 11) is 0. The molecule has 1 N–H and O–H groups in total. The molecule has 0 amide bonds. The number of aromatic nitrogens is 1. The van der Waals surface area contributed by atoms with Gasteiger partial charge in [0.15, 0.2) is 0 Å². The zero-order valence-electron chi connectivity index (χ0n) is 20.1. The van der Waals surface area contributed by atoms with Crippen LogP contribution in [0, 0.1) is 10.8 Å². The lowest BCUT2D eigenvalue weighted by atomic mass is 9.56. The van der Waals surface area contributed by atoms with Crippen molar-refractivity contribution in [3.8, 4) is 0 Å². The SMILES string of the molecule is CC(C)(OCc1ccccc1)C(C)(C)C(C)(C)C1Cc2[nH]c(=O)c3ccccc3c2CO1. The molecule has 1 aliphatic heterocycles. The van der Waals surface area contributed by atoms with E-state index in [9.17, 15) is 4.79 Å². The highest BCUT2D eigenvalue weighted by atomic mass is 16.5. The molecule has 2 heterocycles. The smallest absolute Gasteiger partial charge is 0.256 e. The number of H-pyrrole nitrogens is 1. The zero-order chi connectivity index (χ0) is 23.1. The predicted octanol–water partition coefficient (Wildman–Crippen LogP) is 6.02. The normalized spacial score (nSPS) is 17.4. The summed E-state index contributed by atoms with van der Waals surface area (Å²) in [6, 6.07) is 18.1. The van der Waals surface area contributed by atoms with Gasteiger partial charge in [-0.25, -0.2) is 0 Å². The molecule has 1 aromatic heterocycles. The average Bonchev–Trinajstić information content (AvgIpc) is 2.78. The maximum Gasteiger partial charge on any atom is 0.256 e. The van der Waals surface area contributed by atoms with Crippen molar-refractivity contribution < 1.29 is 9.47 Å². The maximum absolute atomic E-state index is 12.7. The summed E-state index contributed by atoms with van der Waals surface area (Å²) >= 11 is 0. The van der Waals surface area contributed by atoms with Crippen LogP contribution in [0.25, 0.3) is 10.8 Å². The molecule has 4 heteroatoms. The van der Waals surface area contributed by atoms with Crippen molar-refractivity contribution in [3.63, 3.8) is 0 Å². The molecule has 1 atom stereocenters. The highest BCUT2D eigenvalue weighted by Crippen LogP contribution is 2.52. The molecule has 170 valence electrons. The van der Waals surface area contributed by atoms with Gasteiger partial charge in [-0.1, -0.05) is 76.2 Å². The third-order valence-electron chi connectivity index (χ3n) is 8.31. The van der Waals surface area contributed by atoms with E-state index >= 15 is 0 Å². The molecule has 4 nitrogen and oxygen atoms in total. The lowest BCUT2D eigenvalue weighted by Gasteiger charge is -2.55. The van der Waals surface area contributed by atoms with Gasteiger partial charge in [0.25, 0.3) is 5.56 Å². The molecule has 1 unspecified atom stereocenters. The van der Waals surface area contributed by atoms with Crippen LogP contribution < -0.4 is 5.56 Å². The minimum atomic E-state index is -0.396. The molecular weight excluding hydrogens is 398 g/mol. The van der Waals surface area contributed by atoms with Gasteiger partial charge in [0, 0.05) is 28.5 Å². The first-order chi connectivity index (χ1) is 15.0. The Hall–Kier alpha value is -2.43. The summed E-state index contributed by atoms with van der Waals surface area (Å²) < 4.78 is 13.0. The molecule has 0 saturated carbocycles. The van der Waals surface area contributed by atoms with Crippen molar-refractivity contribution in [3.05, 3.63) is 81.8 Å². The van der Waals surface area contributed by atoms with Crippen LogP contribution in [-0.2, 0) is 29.1 Å². The minimum absolute atomic E-state index is 0.0245. The molecule has 1 aliphatic rings. The first-order valence-corrected chi connectivity index (χ1v) is 11.5. The average molecular weight is 434 g/mol. The van der Waals surface area contributed by atoms with Gasteiger partial charge < -0.3 is 14.5 Å². The van der Waals surface area contributed by atoms with Crippen LogP contribution in [0.3, 0.4) is 0 Å². The van der Waals surface area contributed by atoms with Crippen LogP contribution in [0.15, 0.2) is 59.4 Å². The Labute approximate surface area is 191 Å². The van der Waals surface area contributed by atoms with E-state index < -0.39 is 5.60 Å². The van der Waals surface area contributed by atoms with Gasteiger partial charge in [0.1, 0.15) is 0 Å². The highest BCUT2D eigenvalue weighted by Gasteiger charge is 2.53. The zero-order valence-corrected chi connectivity index (χ0v) is 20.1. The Bertz CT molecular complexity index is 1160. The van der Waals surface area contributed by atoms with Crippen LogP contribution in [0.2, 0.25) is 0 Å². The summed E-state index contributed by atoms with van der Waals surface area (Å²) in [4.78, 5) is 15.8. The second-order valence-electron chi connectivity index (χ2n) is 10.6. The largest absolute Gasteiger partial charge is 0.372 e. The van der Waals surface area contributed by atoms with Gasteiger partial charge in [0.2, 0.25) is 0 Å². The van der Waals surface area contributed by atoms with Crippen LogP contribution in [-0.4, -0.2) is 16.7 Å². The third kappa shape index (κ3) is 3.80. The Morgan fingerprint density at radius 2 is 1.56 bits per heavy atom. The number of benzene rings is 2. The van der Waals surface area contributed by atoms with Crippen molar-refractivity contribution in [1.29, 1.82) is 0 Å². The predicted molar refractivity (Wildman–Crippen MR) is 130 cm³/mol. The number of hydrogen-bond donors (Lipinski definition) is 1. The van der Waals surface area contributed by atoms with Crippen molar-refractivity contribution in [2.45, 2.75) is 72.9 Å². The number of rotatable bonds is 6. The molecule has 0 saturated heterocycles. The number of pyridine rings is 1. The van der Waals surface area contributed by atoms with E-state index in [4.69, 9.17) is 9.47 Å². The first-order valence-electron chi connectivity index (χ1n) is 11.5. The second-order valence-corrected chi connectivity index (χ2v) is 10.6. The standard InChI is InChI=1S/C28H35NO3/c1-26(2,27(3,4)28(5,6)32-17-19-12-8-7-9-13-19)24-16-23-22(18-31-24)20-14-10-11-15-21(20)25(30)29-23/h7-15,24H,16-18H2,1-6H3,(H,29,30). The fraction of sp³-hybridized carbons (Fsp3) is 0.464. The monoisotopic (exact) mass is 433 g/mol. The van der Waals surface area contributed by atoms with Gasteiger partial charge in [0.05, 0.1) is 24.9 Å². The Morgan fingerprint density at radius 1 is 0.938 bits per heavy atom. The molecule has 0 aliphatic carbocycles. The molecule has 2 aromatic carbocycles. The summed E-state index contributed by atoms with van der Waals surface area (Å²) in [6.45, 7) is 14.5. The van der Waals surface area contributed by atoms with Gasteiger partial charge in [-0.15, -0.1) is 0 Å². The fourth-order valence-corrected chi connectivity index (χ4v) is 4.81. The first kappa shape index (κ1) is 22.8. The number of nitrogens with one attached hydrogen (secondary N) is 1. The lowest BCUT2D eigenvalue weighted by Crippen LogP contribution is -2.56. The number of aromatic amines is 1. The van der Waals surface area contributed by atoms with E-state index in [1.807, 2.05) is 42.5 Å². The third-order valence-corrected chi connectivity index (χ3v) is 8.31. The quantitative estimate of drug-likeness (QED) is 0.517. The number of hydrogen-bond acceptors (Lipinski definition) is 3. The van der Waals surface area contributed by atoms with Crippen molar-refractivity contribution in [2.75, 3.05) is 0 Å². The fourth-order valence-electron chi connectivity index (χ4n) is 4.81. The topological polar surface area (TPSA) is 51.3 Å². The molecule has 0 fully saturated rings. The molecule has 0 spiro atoms. The Balaban J connectivity index is 1.59. The van der Waals surface area contributed by atoms with Gasteiger partial charge >= 0.3 is 0 Å². The van der Waals surface area contributed by atoms with Gasteiger partial charge in [-0.3, -0.25) is 4.79 Å². The summed E-state index contributed by atoms with van der Waals surface area (Å²) in [5.41, 5.74) is 2.42. The van der Waals surface area contributed by atoms with Crippen LogP contribution in [0.4, 0.5) is 0 Å². The van der Waals surface area contributed by atoms with E-state index in [-0.39, 0.29) is 22.5 Å². The Morgan fingerprint density at radius 3 is 2.25 bits per heavy atom. The van der Waals surface area contributed by atoms with E-state index in [1.54, 1.807) is 0 Å². The Kier molecular flexibility index (Phi) is 5.81. The van der Waals surface area contributed by atoms with Gasteiger partial charge in [-0.2, -0.15) is 0 Å². The minimum Gasteiger partial charge on any atom is -0.372 e.